The summed E-state index contributed by atoms with van der Waals surface area (Å²) in [5, 5.41) is 2.15. The summed E-state index contributed by atoms with van der Waals surface area (Å²) in [6.45, 7) is 8.00. The molecular weight excluding hydrogens is 404 g/mol. The molecule has 146 valence electrons. The van der Waals surface area contributed by atoms with Crippen molar-refractivity contribution in [2.75, 3.05) is 13.6 Å². The molecule has 2 rings (SSSR count). The second-order valence-corrected chi connectivity index (χ2v) is 9.75. The average Bonchev–Trinajstić information content (AvgIpc) is 3.13. The van der Waals surface area contributed by atoms with Crippen LogP contribution in [0.25, 0.3) is 0 Å². The summed E-state index contributed by atoms with van der Waals surface area (Å²) in [4.78, 5) is 15.7. The zero-order chi connectivity index (χ0) is 20.2. The number of hydrogen-bond acceptors (Lipinski definition) is 4. The van der Waals surface area contributed by atoms with E-state index in [4.69, 9.17) is 11.6 Å². The number of halogens is 1. The maximum absolute atomic E-state index is 13.1. The van der Waals surface area contributed by atoms with E-state index in [1.165, 1.54) is 29.6 Å². The lowest BCUT2D eigenvalue weighted by Gasteiger charge is -2.23. The normalized spacial score (nSPS) is 11.8. The van der Waals surface area contributed by atoms with E-state index in [1.54, 1.807) is 36.2 Å². The molecule has 1 amide bonds. The van der Waals surface area contributed by atoms with Crippen LogP contribution in [0.1, 0.15) is 29.1 Å². The minimum Gasteiger partial charge on any atom is -0.330 e. The molecule has 0 aliphatic rings. The van der Waals surface area contributed by atoms with Crippen LogP contribution in [0.3, 0.4) is 0 Å². The van der Waals surface area contributed by atoms with E-state index in [0.717, 1.165) is 4.88 Å². The van der Waals surface area contributed by atoms with Crippen molar-refractivity contribution in [1.82, 2.24) is 9.21 Å². The van der Waals surface area contributed by atoms with Crippen LogP contribution in [0.2, 0.25) is 5.02 Å². The molecule has 0 N–H and O–H groups in total. The fraction of sp³-hybridized carbons (Fsp3) is 0.316. The van der Waals surface area contributed by atoms with Gasteiger partial charge in [-0.2, -0.15) is 4.31 Å². The number of nitrogens with zero attached hydrogens (tertiary/aromatic N) is 2. The van der Waals surface area contributed by atoms with Crippen molar-refractivity contribution >= 4 is 38.9 Å². The Morgan fingerprint density at radius 1 is 1.33 bits per heavy atom. The van der Waals surface area contributed by atoms with Crippen LogP contribution in [0, 0.1) is 0 Å². The number of carbonyl (C=O) groups excluding carboxylic acids is 1. The molecule has 0 fully saturated rings. The molecule has 0 saturated carbocycles. The molecule has 1 aromatic heterocycles. The Morgan fingerprint density at radius 2 is 2.04 bits per heavy atom. The van der Waals surface area contributed by atoms with E-state index in [2.05, 4.69) is 6.58 Å². The Bertz CT molecular complexity index is 909. The average molecular weight is 427 g/mol. The van der Waals surface area contributed by atoms with E-state index >= 15 is 0 Å². The van der Waals surface area contributed by atoms with Gasteiger partial charge in [0.1, 0.15) is 0 Å². The highest BCUT2D eigenvalue weighted by Gasteiger charge is 2.26. The summed E-state index contributed by atoms with van der Waals surface area (Å²) in [6, 6.07) is 7.87. The van der Waals surface area contributed by atoms with Crippen LogP contribution in [-0.4, -0.2) is 43.2 Å². The highest BCUT2D eigenvalue weighted by molar-refractivity contribution is 7.89. The maximum Gasteiger partial charge on any atom is 0.256 e. The number of hydrogen-bond donors (Lipinski definition) is 0. The predicted molar refractivity (Wildman–Crippen MR) is 111 cm³/mol. The van der Waals surface area contributed by atoms with Gasteiger partial charge in [0.15, 0.2) is 0 Å². The second-order valence-electron chi connectivity index (χ2n) is 6.31. The van der Waals surface area contributed by atoms with Gasteiger partial charge in [-0.3, -0.25) is 4.79 Å². The van der Waals surface area contributed by atoms with Crippen molar-refractivity contribution in [2.45, 2.75) is 31.3 Å². The quantitative estimate of drug-likeness (QED) is 0.592. The Balaban J connectivity index is 2.41. The van der Waals surface area contributed by atoms with Crippen LogP contribution < -0.4 is 0 Å². The maximum atomic E-state index is 13.1. The second kappa shape index (κ2) is 9.01. The summed E-state index contributed by atoms with van der Waals surface area (Å²) in [5.74, 6) is -0.336. The van der Waals surface area contributed by atoms with Crippen molar-refractivity contribution in [3.63, 3.8) is 0 Å². The van der Waals surface area contributed by atoms with Gasteiger partial charge in [-0.25, -0.2) is 8.42 Å². The number of carbonyl (C=O) groups is 1. The number of thiophene rings is 1. The standard InChI is InChI=1S/C19H23ClN2O3S2/c1-5-10-22(13-15-7-6-11-26-15)19(23)17-12-16(8-9-18(17)20)27(24,25)21(4)14(2)3/h5-9,11-12,14H,1,10,13H2,2-4H3. The third kappa shape index (κ3) is 4.99. The largest absolute Gasteiger partial charge is 0.330 e. The smallest absolute Gasteiger partial charge is 0.256 e. The van der Waals surface area contributed by atoms with Crippen LogP contribution >= 0.6 is 22.9 Å². The molecule has 1 aromatic carbocycles. The number of benzene rings is 1. The first-order valence-electron chi connectivity index (χ1n) is 8.38. The SMILES string of the molecule is C=CCN(Cc1cccs1)C(=O)c1cc(S(=O)(=O)N(C)C(C)C)ccc1Cl. The molecule has 1 heterocycles. The fourth-order valence-corrected chi connectivity index (χ4v) is 4.72. The summed E-state index contributed by atoms with van der Waals surface area (Å²) >= 11 is 7.77. The molecule has 0 aliphatic carbocycles. The molecule has 0 atom stereocenters. The van der Waals surface area contributed by atoms with Gasteiger partial charge in [-0.05, 0) is 43.5 Å². The molecule has 0 radical (unpaired) electrons. The molecule has 0 aliphatic heterocycles. The van der Waals surface area contributed by atoms with E-state index in [9.17, 15) is 13.2 Å². The number of rotatable bonds is 8. The summed E-state index contributed by atoms with van der Waals surface area (Å²) in [6.07, 6.45) is 1.63. The first-order valence-corrected chi connectivity index (χ1v) is 11.1. The molecule has 2 aromatic rings. The first-order chi connectivity index (χ1) is 12.7. The van der Waals surface area contributed by atoms with Gasteiger partial charge in [-0.15, -0.1) is 17.9 Å². The number of sulfonamides is 1. The molecule has 0 saturated heterocycles. The van der Waals surface area contributed by atoms with Crippen molar-refractivity contribution < 1.29 is 13.2 Å². The van der Waals surface area contributed by atoms with Crippen molar-refractivity contribution in [1.29, 1.82) is 0 Å². The fourth-order valence-electron chi connectivity index (χ4n) is 2.41. The third-order valence-corrected chi connectivity index (χ3v) is 7.36. The summed E-state index contributed by atoms with van der Waals surface area (Å²) in [5.41, 5.74) is 0.160. The molecule has 0 unspecified atom stereocenters. The van der Waals surface area contributed by atoms with Gasteiger partial charge < -0.3 is 4.90 Å². The van der Waals surface area contributed by atoms with Gasteiger partial charge in [0.25, 0.3) is 5.91 Å². The lowest BCUT2D eigenvalue weighted by molar-refractivity contribution is 0.0764. The van der Waals surface area contributed by atoms with Crippen LogP contribution in [0.15, 0.2) is 53.3 Å². The molecule has 0 bridgehead atoms. The van der Waals surface area contributed by atoms with Crippen molar-refractivity contribution in [2.24, 2.45) is 0 Å². The van der Waals surface area contributed by atoms with Gasteiger partial charge in [-0.1, -0.05) is 23.7 Å². The molecule has 8 heteroatoms. The lowest BCUT2D eigenvalue weighted by Crippen LogP contribution is -2.34. The van der Waals surface area contributed by atoms with Crippen LogP contribution in [0.4, 0.5) is 0 Å². The van der Waals surface area contributed by atoms with Crippen LogP contribution in [0.5, 0.6) is 0 Å². The van der Waals surface area contributed by atoms with Crippen LogP contribution in [-0.2, 0) is 16.6 Å². The van der Waals surface area contributed by atoms with Gasteiger partial charge in [0.2, 0.25) is 10.0 Å². The molecule has 27 heavy (non-hydrogen) atoms. The lowest BCUT2D eigenvalue weighted by atomic mass is 10.2. The molecule has 0 spiro atoms. The Hall–Kier alpha value is -1.67. The summed E-state index contributed by atoms with van der Waals surface area (Å²) in [7, 11) is -2.20. The van der Waals surface area contributed by atoms with Gasteiger partial charge in [0, 0.05) is 24.5 Å². The van der Waals surface area contributed by atoms with E-state index in [0.29, 0.717) is 13.1 Å². The Kier molecular flexibility index (Phi) is 7.22. The third-order valence-electron chi connectivity index (χ3n) is 4.14. The highest BCUT2D eigenvalue weighted by atomic mass is 35.5. The van der Waals surface area contributed by atoms with E-state index in [-0.39, 0.29) is 27.4 Å². The van der Waals surface area contributed by atoms with E-state index < -0.39 is 10.0 Å². The number of amides is 1. The zero-order valence-electron chi connectivity index (χ0n) is 15.6. The van der Waals surface area contributed by atoms with Crippen molar-refractivity contribution in [3.05, 3.63) is 63.8 Å². The predicted octanol–water partition coefficient (Wildman–Crippen LogP) is 4.26. The monoisotopic (exact) mass is 426 g/mol. The summed E-state index contributed by atoms with van der Waals surface area (Å²) < 4.78 is 26.8. The topological polar surface area (TPSA) is 57.7 Å². The molecular formula is C19H23ClN2O3S2. The molecule has 5 nitrogen and oxygen atoms in total. The zero-order valence-corrected chi connectivity index (χ0v) is 17.9. The van der Waals surface area contributed by atoms with E-state index in [1.807, 2.05) is 17.5 Å². The minimum atomic E-state index is -3.71. The van der Waals surface area contributed by atoms with Gasteiger partial charge in [0.05, 0.1) is 22.0 Å². The highest BCUT2D eigenvalue weighted by Crippen LogP contribution is 2.25. The van der Waals surface area contributed by atoms with Crippen molar-refractivity contribution in [3.8, 4) is 0 Å². The minimum absolute atomic E-state index is 0.0427. The first kappa shape index (κ1) is 21.6. The Labute approximate surface area is 169 Å². The van der Waals surface area contributed by atoms with Gasteiger partial charge >= 0.3 is 0 Å². The Morgan fingerprint density at radius 3 is 2.59 bits per heavy atom.